The Bertz CT molecular complexity index is 869. The minimum Gasteiger partial charge on any atom is -0.365 e. The molecule has 24 heavy (non-hydrogen) atoms. The number of primary amides is 1. The van der Waals surface area contributed by atoms with Gasteiger partial charge in [-0.15, -0.1) is 0 Å². The highest BCUT2D eigenvalue weighted by molar-refractivity contribution is 14.1. The van der Waals surface area contributed by atoms with Crippen LogP contribution >= 0.6 is 22.6 Å². The van der Waals surface area contributed by atoms with Crippen molar-refractivity contribution in [2.45, 2.75) is 4.43 Å². The van der Waals surface area contributed by atoms with Gasteiger partial charge in [0.1, 0.15) is 11.4 Å². The van der Waals surface area contributed by atoms with E-state index in [1.165, 1.54) is 5.56 Å². The number of rotatable bonds is 6. The Morgan fingerprint density at radius 3 is 2.96 bits per heavy atom. The Kier molecular flexibility index (Phi) is 4.94. The number of benzene rings is 1. The predicted octanol–water partition coefficient (Wildman–Crippen LogP) is 3.27. The van der Waals surface area contributed by atoms with E-state index < -0.39 is 5.91 Å². The van der Waals surface area contributed by atoms with Crippen LogP contribution in [0.25, 0.3) is 0 Å². The van der Waals surface area contributed by atoms with Crippen LogP contribution in [0.15, 0.2) is 47.6 Å². The van der Waals surface area contributed by atoms with Crippen LogP contribution in [0.3, 0.4) is 0 Å². The minimum atomic E-state index is -0.602. The van der Waals surface area contributed by atoms with Crippen LogP contribution in [-0.2, 0) is 4.43 Å². The molecule has 0 radical (unpaired) electrons. The Labute approximate surface area is 151 Å². The Hall–Kier alpha value is -2.62. The Morgan fingerprint density at radius 1 is 1.38 bits per heavy atom. The molecule has 0 aliphatic carbocycles. The van der Waals surface area contributed by atoms with E-state index in [1.54, 1.807) is 12.4 Å². The summed E-state index contributed by atoms with van der Waals surface area (Å²) in [7, 11) is 0. The number of aliphatic imine (C=N–C) groups is 1. The van der Waals surface area contributed by atoms with E-state index in [4.69, 9.17) is 5.73 Å². The van der Waals surface area contributed by atoms with Crippen LogP contribution in [0.2, 0.25) is 0 Å². The van der Waals surface area contributed by atoms with Gasteiger partial charge in [-0.1, -0.05) is 34.7 Å². The number of H-pyrrole nitrogens is 2. The number of hydrogen-bond donors (Lipinski definition) is 4. The number of hydrogen-bond acceptors (Lipinski definition) is 4. The molecule has 8 heteroatoms. The fourth-order valence-corrected chi connectivity index (χ4v) is 2.66. The van der Waals surface area contributed by atoms with Crippen LogP contribution < -0.4 is 11.1 Å². The molecule has 0 atom stereocenters. The molecule has 0 spiro atoms. The Morgan fingerprint density at radius 2 is 2.25 bits per heavy atom. The van der Waals surface area contributed by atoms with Crippen LogP contribution in [0, 0.1) is 0 Å². The quantitative estimate of drug-likeness (QED) is 0.271. The van der Waals surface area contributed by atoms with Crippen LogP contribution in [0.4, 0.5) is 17.3 Å². The first-order valence-electron chi connectivity index (χ1n) is 7.15. The van der Waals surface area contributed by atoms with Crippen molar-refractivity contribution in [2.75, 3.05) is 5.32 Å². The van der Waals surface area contributed by atoms with Gasteiger partial charge in [0.05, 0.1) is 11.9 Å². The lowest BCUT2D eigenvalue weighted by Crippen LogP contribution is -2.12. The molecular weight excluding hydrogens is 419 g/mol. The minimum absolute atomic E-state index is 0.220. The molecule has 1 aromatic carbocycles. The van der Waals surface area contributed by atoms with Gasteiger partial charge in [-0.05, 0) is 29.8 Å². The van der Waals surface area contributed by atoms with Gasteiger partial charge in [-0.2, -0.15) is 5.10 Å². The second kappa shape index (κ2) is 7.30. The zero-order valence-corrected chi connectivity index (χ0v) is 14.7. The van der Waals surface area contributed by atoms with Gasteiger partial charge < -0.3 is 16.0 Å². The summed E-state index contributed by atoms with van der Waals surface area (Å²) in [5.74, 6) is 0.0614. The van der Waals surface area contributed by atoms with Crippen molar-refractivity contribution in [2.24, 2.45) is 10.7 Å². The van der Waals surface area contributed by atoms with Crippen molar-refractivity contribution in [3.05, 3.63) is 59.4 Å². The number of nitrogens with two attached hydrogens (primary N) is 1. The van der Waals surface area contributed by atoms with Gasteiger partial charge in [-0.3, -0.25) is 9.89 Å². The van der Waals surface area contributed by atoms with E-state index in [-0.39, 0.29) is 11.4 Å². The number of aromatic nitrogens is 3. The molecule has 3 aromatic rings. The molecule has 0 aliphatic heterocycles. The maximum Gasteiger partial charge on any atom is 0.256 e. The molecule has 1 amide bonds. The Balaban J connectivity index is 1.89. The highest BCUT2D eigenvalue weighted by Crippen LogP contribution is 2.26. The average Bonchev–Trinajstić information content (AvgIpc) is 3.22. The molecule has 0 aliphatic rings. The summed E-state index contributed by atoms with van der Waals surface area (Å²) in [5.41, 5.74) is 8.53. The molecule has 3 rings (SSSR count). The molecule has 2 aromatic heterocycles. The summed E-state index contributed by atoms with van der Waals surface area (Å²) in [6, 6.07) is 11.6. The molecule has 0 saturated heterocycles. The highest BCUT2D eigenvalue weighted by atomic mass is 127. The van der Waals surface area contributed by atoms with E-state index in [9.17, 15) is 4.79 Å². The summed E-state index contributed by atoms with van der Waals surface area (Å²) in [6.45, 7) is 0. The van der Waals surface area contributed by atoms with Gasteiger partial charge in [0.15, 0.2) is 5.82 Å². The number of alkyl halides is 1. The van der Waals surface area contributed by atoms with Crippen molar-refractivity contribution in [3.8, 4) is 0 Å². The third kappa shape index (κ3) is 3.65. The van der Waals surface area contributed by atoms with Crippen LogP contribution in [0.5, 0.6) is 0 Å². The van der Waals surface area contributed by atoms with E-state index in [2.05, 4.69) is 48.1 Å². The van der Waals surface area contributed by atoms with Crippen molar-refractivity contribution >= 4 is 52.0 Å². The number of aromatic amines is 2. The van der Waals surface area contributed by atoms with Crippen molar-refractivity contribution in [1.29, 1.82) is 0 Å². The summed E-state index contributed by atoms with van der Waals surface area (Å²) < 4.78 is 0.893. The maximum absolute atomic E-state index is 11.8. The lowest BCUT2D eigenvalue weighted by Gasteiger charge is -2.06. The zero-order chi connectivity index (χ0) is 16.9. The van der Waals surface area contributed by atoms with Crippen molar-refractivity contribution < 1.29 is 4.79 Å². The predicted molar refractivity (Wildman–Crippen MR) is 103 cm³/mol. The number of carbonyl (C=O) groups is 1. The molecule has 122 valence electrons. The van der Waals surface area contributed by atoms with Gasteiger partial charge in [0.2, 0.25) is 0 Å². The number of halogens is 1. The summed E-state index contributed by atoms with van der Waals surface area (Å²) in [6.07, 6.45) is 3.37. The molecule has 0 unspecified atom stereocenters. The highest BCUT2D eigenvalue weighted by Gasteiger charge is 2.18. The normalized spacial score (nSPS) is 11.0. The summed E-state index contributed by atoms with van der Waals surface area (Å²) >= 11 is 2.29. The van der Waals surface area contributed by atoms with Gasteiger partial charge >= 0.3 is 0 Å². The van der Waals surface area contributed by atoms with E-state index in [0.29, 0.717) is 5.82 Å². The van der Waals surface area contributed by atoms with Crippen LogP contribution in [0.1, 0.15) is 21.6 Å². The molecule has 0 saturated carbocycles. The number of nitrogens with one attached hydrogen (secondary N) is 3. The third-order valence-electron chi connectivity index (χ3n) is 3.29. The van der Waals surface area contributed by atoms with E-state index in [0.717, 1.165) is 15.8 Å². The number of nitrogens with zero attached hydrogens (tertiary/aromatic N) is 2. The lowest BCUT2D eigenvalue weighted by molar-refractivity contribution is 0.100. The fraction of sp³-hybridized carbons (Fsp3) is 0.0625. The maximum atomic E-state index is 11.8. The molecule has 0 fully saturated rings. The van der Waals surface area contributed by atoms with Crippen molar-refractivity contribution in [3.63, 3.8) is 0 Å². The van der Waals surface area contributed by atoms with Gasteiger partial charge in [0.25, 0.3) is 5.91 Å². The number of anilines is 2. The lowest BCUT2D eigenvalue weighted by atomic mass is 10.2. The van der Waals surface area contributed by atoms with E-state index >= 15 is 0 Å². The van der Waals surface area contributed by atoms with Crippen molar-refractivity contribution in [1.82, 2.24) is 15.2 Å². The second-order valence-corrected chi connectivity index (χ2v) is 5.77. The molecule has 7 nitrogen and oxygen atoms in total. The summed E-state index contributed by atoms with van der Waals surface area (Å²) in [5, 5.41) is 10.00. The second-order valence-electron chi connectivity index (χ2n) is 5.00. The molecule has 5 N–H and O–H groups in total. The topological polar surface area (TPSA) is 112 Å². The first-order chi connectivity index (χ1) is 11.7. The van der Waals surface area contributed by atoms with Gasteiger partial charge in [0, 0.05) is 16.3 Å². The van der Waals surface area contributed by atoms with E-state index in [1.807, 2.05) is 36.4 Å². The standard InChI is InChI=1S/C16H15IN6O/c17-8-10-3-1-4-11(7-10)21-16-13(14(18)24)15(22-23-16)20-9-12-5-2-6-19-12/h1-7,9,19H,8H2,(H2,18,24)(H2,21,22,23). The number of amides is 1. The smallest absolute Gasteiger partial charge is 0.256 e. The fourth-order valence-electron chi connectivity index (χ4n) is 2.18. The monoisotopic (exact) mass is 434 g/mol. The largest absolute Gasteiger partial charge is 0.365 e. The molecule has 2 heterocycles. The SMILES string of the molecule is NC(=O)c1c(N=Cc2ccc[nH]2)n[nH]c1Nc1cccc(CI)c1. The third-order valence-corrected chi connectivity index (χ3v) is 4.17. The average molecular weight is 434 g/mol. The first kappa shape index (κ1) is 16.2. The molecular formula is C16H15IN6O. The number of carbonyl (C=O) groups excluding carboxylic acids is 1. The van der Waals surface area contributed by atoms with Gasteiger partial charge in [-0.25, -0.2) is 4.99 Å². The first-order valence-corrected chi connectivity index (χ1v) is 8.67. The zero-order valence-electron chi connectivity index (χ0n) is 12.6. The van der Waals surface area contributed by atoms with Crippen LogP contribution in [-0.4, -0.2) is 27.3 Å². The molecule has 0 bridgehead atoms. The summed E-state index contributed by atoms with van der Waals surface area (Å²) in [4.78, 5) is 19.0.